The summed E-state index contributed by atoms with van der Waals surface area (Å²) in [6.07, 6.45) is 3.25. The summed E-state index contributed by atoms with van der Waals surface area (Å²) >= 11 is 0. The van der Waals surface area contributed by atoms with E-state index in [-0.39, 0.29) is 5.04 Å². The molecule has 1 atom stereocenters. The topological polar surface area (TPSA) is 38.5 Å². The molecule has 0 amide bonds. The van der Waals surface area contributed by atoms with E-state index in [9.17, 15) is 0 Å². The summed E-state index contributed by atoms with van der Waals surface area (Å²) < 4.78 is 12.6. The third kappa shape index (κ3) is 4.96. The van der Waals surface area contributed by atoms with Crippen LogP contribution in [0.3, 0.4) is 0 Å². The highest BCUT2D eigenvalue weighted by Crippen LogP contribution is 2.37. The molecule has 0 bridgehead atoms. The van der Waals surface area contributed by atoms with Crippen molar-refractivity contribution in [1.82, 2.24) is 9.88 Å². The van der Waals surface area contributed by atoms with E-state index in [1.54, 1.807) is 0 Å². The number of aromatic nitrogens is 1. The maximum atomic E-state index is 6.46. The highest BCUT2D eigenvalue weighted by Gasteiger charge is 2.38. The van der Waals surface area contributed by atoms with E-state index in [1.165, 1.54) is 12.0 Å². The SMILES string of the molecule is CC(C)(C)[Si](C)(C)OCC1CCN(Cc2cnc3cc([Si](C)(C)C)oc3c2)C1. The molecule has 28 heavy (non-hydrogen) atoms. The second kappa shape index (κ2) is 7.70. The van der Waals surface area contributed by atoms with Gasteiger partial charge in [0.1, 0.15) is 13.6 Å². The highest BCUT2D eigenvalue weighted by atomic mass is 28.4. The molecule has 3 rings (SSSR count). The molecular weight excluding hydrogens is 380 g/mol. The molecule has 1 aliphatic heterocycles. The lowest BCUT2D eigenvalue weighted by Crippen LogP contribution is -2.42. The van der Waals surface area contributed by atoms with Crippen LogP contribution in [0, 0.1) is 5.92 Å². The maximum absolute atomic E-state index is 6.46. The summed E-state index contributed by atoms with van der Waals surface area (Å²) in [5.74, 6) is 0.646. The van der Waals surface area contributed by atoms with E-state index in [2.05, 4.69) is 75.5 Å². The first-order chi connectivity index (χ1) is 12.8. The van der Waals surface area contributed by atoms with Crippen molar-refractivity contribution >= 4 is 32.9 Å². The second-order valence-electron chi connectivity index (χ2n) is 11.0. The Balaban J connectivity index is 1.58. The van der Waals surface area contributed by atoms with Crippen molar-refractivity contribution in [3.8, 4) is 0 Å². The Kier molecular flexibility index (Phi) is 5.98. The minimum atomic E-state index is -1.65. The number of pyridine rings is 1. The molecule has 1 aliphatic rings. The number of hydrogen-bond donors (Lipinski definition) is 0. The van der Waals surface area contributed by atoms with Crippen LogP contribution in [0.15, 0.2) is 22.7 Å². The fraction of sp³-hybridized carbons (Fsp3) is 0.682. The van der Waals surface area contributed by atoms with E-state index in [4.69, 9.17) is 8.84 Å². The van der Waals surface area contributed by atoms with Crippen molar-refractivity contribution in [3.05, 3.63) is 23.9 Å². The van der Waals surface area contributed by atoms with Gasteiger partial charge in [0.2, 0.25) is 0 Å². The molecule has 1 saturated heterocycles. The Bertz CT molecular complexity index is 818. The van der Waals surface area contributed by atoms with Gasteiger partial charge in [-0.2, -0.15) is 0 Å². The lowest BCUT2D eigenvalue weighted by Gasteiger charge is -2.37. The van der Waals surface area contributed by atoms with Gasteiger partial charge in [0, 0.05) is 32.0 Å². The van der Waals surface area contributed by atoms with Gasteiger partial charge in [-0.25, -0.2) is 0 Å². The van der Waals surface area contributed by atoms with E-state index < -0.39 is 16.4 Å². The van der Waals surface area contributed by atoms with Gasteiger partial charge < -0.3 is 8.84 Å². The molecule has 6 heteroatoms. The molecular formula is C22H38N2O2Si2. The number of rotatable bonds is 6. The van der Waals surface area contributed by atoms with Crippen molar-refractivity contribution in [1.29, 1.82) is 0 Å². The zero-order valence-electron chi connectivity index (χ0n) is 19.1. The molecule has 156 valence electrons. The number of furan rings is 1. The Labute approximate surface area is 172 Å². The summed E-state index contributed by atoms with van der Waals surface area (Å²) in [4.78, 5) is 7.19. The summed E-state index contributed by atoms with van der Waals surface area (Å²) in [5.41, 5.74) is 3.17. The smallest absolute Gasteiger partial charge is 0.191 e. The average Bonchev–Trinajstić information content (AvgIpc) is 3.18. The van der Waals surface area contributed by atoms with Gasteiger partial charge in [0.05, 0.1) is 5.38 Å². The van der Waals surface area contributed by atoms with Gasteiger partial charge in [0.25, 0.3) is 0 Å². The van der Waals surface area contributed by atoms with Crippen LogP contribution in [-0.4, -0.2) is 46.0 Å². The first kappa shape index (κ1) is 21.7. The van der Waals surface area contributed by atoms with Gasteiger partial charge in [-0.1, -0.05) is 40.4 Å². The van der Waals surface area contributed by atoms with Crippen LogP contribution in [0.1, 0.15) is 32.8 Å². The third-order valence-corrected chi connectivity index (χ3v) is 12.7. The highest BCUT2D eigenvalue weighted by molar-refractivity contribution is 6.87. The van der Waals surface area contributed by atoms with Crippen molar-refractivity contribution in [3.63, 3.8) is 0 Å². The quantitative estimate of drug-likeness (QED) is 0.603. The standard InChI is InChI=1S/C22H38N2O2Si2/c1-22(2,3)28(7,8)25-16-17-9-10-24(14-17)15-18-11-20-19(23-13-18)12-21(26-20)27(4,5)6/h11-13,17H,9-10,14-16H2,1-8H3. The molecule has 0 saturated carbocycles. The minimum Gasteiger partial charge on any atom is -0.465 e. The largest absolute Gasteiger partial charge is 0.465 e. The molecule has 2 aromatic heterocycles. The second-order valence-corrected chi connectivity index (χ2v) is 20.9. The van der Waals surface area contributed by atoms with Gasteiger partial charge >= 0.3 is 0 Å². The van der Waals surface area contributed by atoms with E-state index in [0.717, 1.165) is 42.7 Å². The van der Waals surface area contributed by atoms with Crippen LogP contribution in [0.4, 0.5) is 0 Å². The summed E-state index contributed by atoms with van der Waals surface area (Å²) in [6.45, 7) is 22.7. The predicted octanol–water partition coefficient (Wildman–Crippen LogP) is 5.22. The maximum Gasteiger partial charge on any atom is 0.191 e. The fourth-order valence-electron chi connectivity index (χ4n) is 3.41. The summed E-state index contributed by atoms with van der Waals surface area (Å²) in [6, 6.07) is 4.32. The first-order valence-electron chi connectivity index (χ1n) is 10.6. The molecule has 1 fully saturated rings. The molecule has 3 heterocycles. The number of likely N-dealkylation sites (tertiary alicyclic amines) is 1. The Morgan fingerprint density at radius 2 is 1.89 bits per heavy atom. The average molecular weight is 419 g/mol. The summed E-state index contributed by atoms with van der Waals surface area (Å²) in [5, 5.41) is 1.42. The van der Waals surface area contributed by atoms with Gasteiger partial charge in [-0.05, 0) is 48.6 Å². The van der Waals surface area contributed by atoms with Crippen molar-refractivity contribution in [2.75, 3.05) is 19.7 Å². The lowest BCUT2D eigenvalue weighted by atomic mass is 10.1. The summed E-state index contributed by atoms with van der Waals surface area (Å²) in [7, 11) is -3.09. The van der Waals surface area contributed by atoms with Crippen molar-refractivity contribution in [2.24, 2.45) is 5.92 Å². The van der Waals surface area contributed by atoms with Crippen LogP contribution in [-0.2, 0) is 11.0 Å². The number of fused-ring (bicyclic) bond motifs is 1. The number of hydrogen-bond acceptors (Lipinski definition) is 4. The zero-order valence-corrected chi connectivity index (χ0v) is 21.1. The molecule has 4 nitrogen and oxygen atoms in total. The van der Waals surface area contributed by atoms with Crippen LogP contribution < -0.4 is 5.38 Å². The van der Waals surface area contributed by atoms with E-state index >= 15 is 0 Å². The first-order valence-corrected chi connectivity index (χ1v) is 17.0. The van der Waals surface area contributed by atoms with Crippen LogP contribution in [0.25, 0.3) is 11.1 Å². The molecule has 0 radical (unpaired) electrons. The van der Waals surface area contributed by atoms with Crippen molar-refractivity contribution in [2.45, 2.75) is 71.5 Å². The number of nitrogens with zero attached hydrogens (tertiary/aromatic N) is 2. The van der Waals surface area contributed by atoms with Crippen LogP contribution in [0.2, 0.25) is 37.8 Å². The van der Waals surface area contributed by atoms with Gasteiger partial charge in [-0.15, -0.1) is 0 Å². The Morgan fingerprint density at radius 3 is 2.54 bits per heavy atom. The molecule has 0 spiro atoms. The van der Waals surface area contributed by atoms with Gasteiger partial charge in [0.15, 0.2) is 13.9 Å². The monoisotopic (exact) mass is 418 g/mol. The molecule has 0 aromatic carbocycles. The minimum absolute atomic E-state index is 0.282. The lowest BCUT2D eigenvalue weighted by molar-refractivity contribution is 0.221. The zero-order chi connectivity index (χ0) is 20.7. The molecule has 2 aromatic rings. The van der Waals surface area contributed by atoms with Crippen LogP contribution >= 0.6 is 0 Å². The fourth-order valence-corrected chi connectivity index (χ4v) is 5.48. The molecule has 0 aliphatic carbocycles. The van der Waals surface area contributed by atoms with E-state index in [0.29, 0.717) is 5.92 Å². The molecule has 1 unspecified atom stereocenters. The Hall–Kier alpha value is -0.956. The van der Waals surface area contributed by atoms with E-state index in [1.807, 2.05) is 6.20 Å². The Morgan fingerprint density at radius 1 is 1.18 bits per heavy atom. The van der Waals surface area contributed by atoms with Crippen molar-refractivity contribution < 1.29 is 8.84 Å². The van der Waals surface area contributed by atoms with Crippen LogP contribution in [0.5, 0.6) is 0 Å². The predicted molar refractivity (Wildman–Crippen MR) is 124 cm³/mol. The van der Waals surface area contributed by atoms with Gasteiger partial charge in [-0.3, -0.25) is 9.88 Å². The third-order valence-electron chi connectivity index (χ3n) is 6.43. The normalized spacial score (nSPS) is 19.6. The molecule has 0 N–H and O–H groups in total.